The van der Waals surface area contributed by atoms with Crippen molar-refractivity contribution in [1.82, 2.24) is 10.3 Å². The highest BCUT2D eigenvalue weighted by molar-refractivity contribution is 7.98. The molecule has 0 unspecified atom stereocenters. The van der Waals surface area contributed by atoms with E-state index in [1.807, 2.05) is 25.4 Å². The Balaban J connectivity index is 2.13. The van der Waals surface area contributed by atoms with Crippen LogP contribution in [-0.2, 0) is 6.42 Å². The summed E-state index contributed by atoms with van der Waals surface area (Å²) in [6, 6.07) is 8.24. The van der Waals surface area contributed by atoms with E-state index in [-0.39, 0.29) is 0 Å². The van der Waals surface area contributed by atoms with Crippen LogP contribution in [0.2, 0.25) is 0 Å². The van der Waals surface area contributed by atoms with Gasteiger partial charge in [0, 0.05) is 16.9 Å². The van der Waals surface area contributed by atoms with E-state index in [0.29, 0.717) is 0 Å². The highest BCUT2D eigenvalue weighted by atomic mass is 32.2. The van der Waals surface area contributed by atoms with E-state index in [4.69, 9.17) is 4.42 Å². The van der Waals surface area contributed by atoms with Gasteiger partial charge in [0.2, 0.25) is 0 Å². The zero-order valence-electron chi connectivity index (χ0n) is 10.8. The molecule has 1 aromatic carbocycles. The number of hydrogen-bond acceptors (Lipinski definition) is 4. The fraction of sp³-hybridized carbons (Fsp3) is 0.357. The van der Waals surface area contributed by atoms with Crippen LogP contribution >= 0.6 is 11.8 Å². The molecule has 4 heteroatoms. The Morgan fingerprint density at radius 2 is 2.17 bits per heavy atom. The Bertz CT molecular complexity index is 496. The van der Waals surface area contributed by atoms with E-state index < -0.39 is 0 Å². The third-order valence-electron chi connectivity index (χ3n) is 2.74. The van der Waals surface area contributed by atoms with Gasteiger partial charge in [-0.25, -0.2) is 4.98 Å². The Morgan fingerprint density at radius 1 is 1.33 bits per heavy atom. The number of benzene rings is 1. The fourth-order valence-corrected chi connectivity index (χ4v) is 2.42. The minimum Gasteiger partial charge on any atom is -0.441 e. The highest BCUT2D eigenvalue weighted by Crippen LogP contribution is 2.30. The Morgan fingerprint density at radius 3 is 2.94 bits per heavy atom. The molecular formula is C14H18N2OS. The maximum atomic E-state index is 5.81. The number of aryl methyl sites for hydroxylation is 1. The van der Waals surface area contributed by atoms with Gasteiger partial charge in [-0.2, -0.15) is 0 Å². The van der Waals surface area contributed by atoms with Crippen molar-refractivity contribution in [2.24, 2.45) is 0 Å². The molecule has 0 atom stereocenters. The average Bonchev–Trinajstić information content (AvgIpc) is 2.88. The Hall–Kier alpha value is -1.26. The summed E-state index contributed by atoms with van der Waals surface area (Å²) in [5, 5.41) is 3.12. The maximum Gasteiger partial charge on any atom is 0.194 e. The number of hydrogen-bond donors (Lipinski definition) is 1. The second kappa shape index (κ2) is 6.61. The SMILES string of the molecule is CNCCCc1ncc(-c2ccccc2SC)o1. The predicted octanol–water partition coefficient (Wildman–Crippen LogP) is 3.22. The molecule has 0 spiro atoms. The van der Waals surface area contributed by atoms with Gasteiger partial charge in [-0.3, -0.25) is 0 Å². The minimum absolute atomic E-state index is 0.816. The fourth-order valence-electron chi connectivity index (χ4n) is 1.81. The summed E-state index contributed by atoms with van der Waals surface area (Å²) in [5.41, 5.74) is 1.12. The van der Waals surface area contributed by atoms with E-state index in [2.05, 4.69) is 28.7 Å². The first-order valence-electron chi connectivity index (χ1n) is 6.08. The highest BCUT2D eigenvalue weighted by Gasteiger charge is 2.09. The third kappa shape index (κ3) is 3.15. The van der Waals surface area contributed by atoms with Crippen molar-refractivity contribution >= 4 is 11.8 Å². The summed E-state index contributed by atoms with van der Waals surface area (Å²) >= 11 is 1.72. The number of nitrogens with one attached hydrogen (secondary N) is 1. The van der Waals surface area contributed by atoms with Crippen LogP contribution in [0.5, 0.6) is 0 Å². The van der Waals surface area contributed by atoms with Crippen molar-refractivity contribution in [2.75, 3.05) is 19.8 Å². The first-order valence-corrected chi connectivity index (χ1v) is 7.30. The molecule has 0 aliphatic rings. The number of nitrogens with zero attached hydrogens (tertiary/aromatic N) is 1. The molecule has 2 aromatic rings. The standard InChI is InChI=1S/C14H18N2OS/c1-15-9-5-8-14-16-10-12(17-14)11-6-3-4-7-13(11)18-2/h3-4,6-7,10,15H,5,8-9H2,1-2H3. The van der Waals surface area contributed by atoms with Gasteiger partial charge in [-0.05, 0) is 32.3 Å². The molecule has 0 saturated carbocycles. The summed E-state index contributed by atoms with van der Waals surface area (Å²) in [5.74, 6) is 1.68. The minimum atomic E-state index is 0.816. The Labute approximate surface area is 112 Å². The van der Waals surface area contributed by atoms with Gasteiger partial charge in [-0.1, -0.05) is 18.2 Å². The van der Waals surface area contributed by atoms with Crippen molar-refractivity contribution in [3.63, 3.8) is 0 Å². The van der Waals surface area contributed by atoms with E-state index in [1.165, 1.54) is 4.90 Å². The molecular weight excluding hydrogens is 244 g/mol. The molecule has 1 aromatic heterocycles. The van der Waals surface area contributed by atoms with Gasteiger partial charge in [0.25, 0.3) is 0 Å². The molecule has 3 nitrogen and oxygen atoms in total. The average molecular weight is 262 g/mol. The zero-order valence-corrected chi connectivity index (χ0v) is 11.6. The molecule has 0 radical (unpaired) electrons. The van der Waals surface area contributed by atoms with Crippen molar-refractivity contribution < 1.29 is 4.42 Å². The molecule has 0 bridgehead atoms. The second-order valence-corrected chi connectivity index (χ2v) is 4.87. The first kappa shape index (κ1) is 13.2. The molecule has 1 heterocycles. The molecule has 2 rings (SSSR count). The lowest BCUT2D eigenvalue weighted by Gasteiger charge is -2.02. The first-order chi connectivity index (χ1) is 8.85. The second-order valence-electron chi connectivity index (χ2n) is 4.03. The van der Waals surface area contributed by atoms with E-state index >= 15 is 0 Å². The van der Waals surface area contributed by atoms with Crippen LogP contribution in [0.3, 0.4) is 0 Å². The zero-order chi connectivity index (χ0) is 12.8. The van der Waals surface area contributed by atoms with Crippen molar-refractivity contribution in [1.29, 1.82) is 0 Å². The number of aromatic nitrogens is 1. The van der Waals surface area contributed by atoms with Gasteiger partial charge < -0.3 is 9.73 Å². The monoisotopic (exact) mass is 262 g/mol. The van der Waals surface area contributed by atoms with Crippen LogP contribution in [-0.4, -0.2) is 24.8 Å². The largest absolute Gasteiger partial charge is 0.441 e. The third-order valence-corrected chi connectivity index (χ3v) is 3.54. The summed E-state index contributed by atoms with van der Waals surface area (Å²) in [6.45, 7) is 0.985. The lowest BCUT2D eigenvalue weighted by Crippen LogP contribution is -2.08. The van der Waals surface area contributed by atoms with E-state index in [1.54, 1.807) is 11.8 Å². The smallest absolute Gasteiger partial charge is 0.194 e. The normalized spacial score (nSPS) is 10.8. The molecule has 0 aliphatic heterocycles. The van der Waals surface area contributed by atoms with Crippen molar-refractivity contribution in [3.8, 4) is 11.3 Å². The molecule has 1 N–H and O–H groups in total. The maximum absolute atomic E-state index is 5.81. The molecule has 0 amide bonds. The molecule has 0 aliphatic carbocycles. The number of thioether (sulfide) groups is 1. The van der Waals surface area contributed by atoms with Crippen LogP contribution in [0.25, 0.3) is 11.3 Å². The van der Waals surface area contributed by atoms with Crippen LogP contribution in [0.1, 0.15) is 12.3 Å². The summed E-state index contributed by atoms with van der Waals surface area (Å²) < 4.78 is 5.81. The number of oxazole rings is 1. The lowest BCUT2D eigenvalue weighted by molar-refractivity contribution is 0.494. The van der Waals surface area contributed by atoms with Crippen molar-refractivity contribution in [2.45, 2.75) is 17.7 Å². The van der Waals surface area contributed by atoms with Gasteiger partial charge in [0.05, 0.1) is 6.20 Å². The van der Waals surface area contributed by atoms with Crippen LogP contribution in [0.4, 0.5) is 0 Å². The number of rotatable bonds is 6. The van der Waals surface area contributed by atoms with Gasteiger partial charge in [0.1, 0.15) is 0 Å². The van der Waals surface area contributed by atoms with Gasteiger partial charge >= 0.3 is 0 Å². The topological polar surface area (TPSA) is 38.1 Å². The summed E-state index contributed by atoms with van der Waals surface area (Å²) in [6.07, 6.45) is 5.82. The Kier molecular flexibility index (Phi) is 4.84. The molecule has 0 saturated heterocycles. The van der Waals surface area contributed by atoms with Crippen LogP contribution < -0.4 is 5.32 Å². The lowest BCUT2D eigenvalue weighted by atomic mass is 10.2. The molecule has 96 valence electrons. The summed E-state index contributed by atoms with van der Waals surface area (Å²) in [4.78, 5) is 5.55. The van der Waals surface area contributed by atoms with Crippen LogP contribution in [0, 0.1) is 0 Å². The molecule has 0 fully saturated rings. The van der Waals surface area contributed by atoms with Gasteiger partial charge in [0.15, 0.2) is 11.7 Å². The van der Waals surface area contributed by atoms with Crippen LogP contribution in [0.15, 0.2) is 39.8 Å². The van der Waals surface area contributed by atoms with E-state index in [0.717, 1.165) is 36.6 Å². The quantitative estimate of drug-likeness (QED) is 0.641. The molecule has 18 heavy (non-hydrogen) atoms. The predicted molar refractivity (Wildman–Crippen MR) is 76.0 cm³/mol. The summed E-state index contributed by atoms with van der Waals surface area (Å²) in [7, 11) is 1.95. The van der Waals surface area contributed by atoms with E-state index in [9.17, 15) is 0 Å². The van der Waals surface area contributed by atoms with Gasteiger partial charge in [-0.15, -0.1) is 11.8 Å². The van der Waals surface area contributed by atoms with Crippen molar-refractivity contribution in [3.05, 3.63) is 36.4 Å².